The van der Waals surface area contributed by atoms with Gasteiger partial charge in [0.2, 0.25) is 6.29 Å². The number of pyridine rings is 1. The summed E-state index contributed by atoms with van der Waals surface area (Å²) in [6, 6.07) is 4.66. The standard InChI is InChI=1S/C8H8N3O2/c12-6-5-10-8(13)11-7-3-1-2-4-9-7/h1-4H,5H2,(H2,9,10,11,13). The number of anilines is 1. The molecule has 0 unspecified atom stereocenters. The average Bonchev–Trinajstić information content (AvgIpc) is 2.16. The maximum Gasteiger partial charge on any atom is 0.320 e. The summed E-state index contributed by atoms with van der Waals surface area (Å²) in [5, 5.41) is 4.70. The number of rotatable bonds is 3. The molecule has 5 heteroatoms. The van der Waals surface area contributed by atoms with Crippen LogP contribution in [-0.4, -0.2) is 23.8 Å². The number of nitrogens with zero attached hydrogens (tertiary/aromatic N) is 1. The first kappa shape index (κ1) is 9.18. The molecule has 0 bridgehead atoms. The van der Waals surface area contributed by atoms with E-state index in [9.17, 15) is 9.59 Å². The molecule has 0 fully saturated rings. The van der Waals surface area contributed by atoms with E-state index in [1.807, 2.05) is 0 Å². The van der Waals surface area contributed by atoms with Crippen molar-refractivity contribution in [2.75, 3.05) is 11.9 Å². The molecule has 1 rings (SSSR count). The number of amides is 2. The summed E-state index contributed by atoms with van der Waals surface area (Å²) < 4.78 is 0. The van der Waals surface area contributed by atoms with Crippen LogP contribution in [0, 0.1) is 0 Å². The Morgan fingerprint density at radius 3 is 3.00 bits per heavy atom. The quantitative estimate of drug-likeness (QED) is 0.699. The highest BCUT2D eigenvalue weighted by Gasteiger charge is 1.99. The molecule has 0 saturated carbocycles. The van der Waals surface area contributed by atoms with E-state index >= 15 is 0 Å². The molecule has 2 N–H and O–H groups in total. The molecule has 2 amide bonds. The van der Waals surface area contributed by atoms with Gasteiger partial charge in [0, 0.05) is 6.20 Å². The molecule has 1 aromatic rings. The maximum absolute atomic E-state index is 10.9. The minimum atomic E-state index is -0.470. The highest BCUT2D eigenvalue weighted by atomic mass is 16.2. The number of hydrogen-bond acceptors (Lipinski definition) is 3. The van der Waals surface area contributed by atoms with Gasteiger partial charge in [0.25, 0.3) is 0 Å². The molecule has 0 aliphatic carbocycles. The van der Waals surface area contributed by atoms with Gasteiger partial charge in [-0.25, -0.2) is 9.78 Å². The van der Waals surface area contributed by atoms with Crippen LogP contribution in [0.25, 0.3) is 0 Å². The van der Waals surface area contributed by atoms with Crippen LogP contribution >= 0.6 is 0 Å². The number of nitrogens with one attached hydrogen (secondary N) is 2. The van der Waals surface area contributed by atoms with Gasteiger partial charge in [-0.15, -0.1) is 0 Å². The highest BCUT2D eigenvalue weighted by molar-refractivity contribution is 5.89. The molecule has 13 heavy (non-hydrogen) atoms. The Morgan fingerprint density at radius 1 is 1.54 bits per heavy atom. The molecule has 0 spiro atoms. The Labute approximate surface area is 75.2 Å². The van der Waals surface area contributed by atoms with Gasteiger partial charge >= 0.3 is 6.03 Å². The summed E-state index contributed by atoms with van der Waals surface area (Å²) >= 11 is 0. The van der Waals surface area contributed by atoms with Gasteiger partial charge in [-0.1, -0.05) is 6.07 Å². The van der Waals surface area contributed by atoms with Gasteiger partial charge in [0.1, 0.15) is 5.82 Å². The van der Waals surface area contributed by atoms with E-state index in [1.165, 1.54) is 0 Å². The van der Waals surface area contributed by atoms with Crippen molar-refractivity contribution in [1.82, 2.24) is 10.3 Å². The summed E-state index contributed by atoms with van der Waals surface area (Å²) in [6.07, 6.45) is 3.10. The molecular weight excluding hydrogens is 170 g/mol. The van der Waals surface area contributed by atoms with Crippen molar-refractivity contribution in [3.8, 4) is 0 Å². The van der Waals surface area contributed by atoms with Gasteiger partial charge in [-0.3, -0.25) is 10.1 Å². The predicted molar refractivity (Wildman–Crippen MR) is 47.0 cm³/mol. The van der Waals surface area contributed by atoms with Crippen LogP contribution in [-0.2, 0) is 4.79 Å². The molecule has 0 atom stereocenters. The smallest absolute Gasteiger partial charge is 0.320 e. The Balaban J connectivity index is 2.41. The first-order valence-corrected chi connectivity index (χ1v) is 3.64. The minimum Gasteiger partial charge on any atom is -0.330 e. The van der Waals surface area contributed by atoms with Crippen LogP contribution in [0.5, 0.6) is 0 Å². The molecular formula is C8H8N3O2. The molecule has 0 aromatic carbocycles. The molecule has 0 saturated heterocycles. The van der Waals surface area contributed by atoms with Crippen molar-refractivity contribution in [2.45, 2.75) is 0 Å². The van der Waals surface area contributed by atoms with E-state index < -0.39 is 6.03 Å². The van der Waals surface area contributed by atoms with E-state index in [0.717, 1.165) is 0 Å². The maximum atomic E-state index is 10.9. The highest BCUT2D eigenvalue weighted by Crippen LogP contribution is 1.98. The second-order valence-electron chi connectivity index (χ2n) is 2.17. The van der Waals surface area contributed by atoms with E-state index in [4.69, 9.17) is 0 Å². The zero-order valence-corrected chi connectivity index (χ0v) is 6.78. The minimum absolute atomic E-state index is 0.126. The van der Waals surface area contributed by atoms with Crippen LogP contribution in [0.15, 0.2) is 24.4 Å². The number of hydrogen-bond donors (Lipinski definition) is 2. The van der Waals surface area contributed by atoms with Gasteiger partial charge < -0.3 is 5.32 Å². The Kier molecular flexibility index (Phi) is 3.44. The first-order valence-electron chi connectivity index (χ1n) is 3.64. The third-order valence-corrected chi connectivity index (χ3v) is 1.23. The van der Waals surface area contributed by atoms with Gasteiger partial charge in [-0.2, -0.15) is 0 Å². The van der Waals surface area contributed by atoms with Crippen LogP contribution in [0.3, 0.4) is 0 Å². The molecule has 5 nitrogen and oxygen atoms in total. The molecule has 0 aliphatic rings. The van der Waals surface area contributed by atoms with Gasteiger partial charge in [-0.05, 0) is 12.1 Å². The molecule has 1 aromatic heterocycles. The fourth-order valence-electron chi connectivity index (χ4n) is 0.714. The molecule has 1 heterocycles. The zero-order chi connectivity index (χ0) is 9.52. The summed E-state index contributed by atoms with van der Waals surface area (Å²) in [5.41, 5.74) is 0. The summed E-state index contributed by atoms with van der Waals surface area (Å²) in [4.78, 5) is 24.6. The normalized spacial score (nSPS) is 8.92. The van der Waals surface area contributed by atoms with Gasteiger partial charge in [0.15, 0.2) is 0 Å². The van der Waals surface area contributed by atoms with Crippen LogP contribution in [0.4, 0.5) is 10.6 Å². The third kappa shape index (κ3) is 3.33. The largest absolute Gasteiger partial charge is 0.330 e. The number of urea groups is 1. The monoisotopic (exact) mass is 178 g/mol. The summed E-state index contributed by atoms with van der Waals surface area (Å²) in [7, 11) is 0. The van der Waals surface area contributed by atoms with Crippen LogP contribution < -0.4 is 10.6 Å². The summed E-state index contributed by atoms with van der Waals surface area (Å²) in [6.45, 7) is -0.126. The SMILES string of the molecule is O=[C]CNC(=O)Nc1ccccn1. The van der Waals surface area contributed by atoms with Crippen molar-refractivity contribution in [1.29, 1.82) is 0 Å². The Hall–Kier alpha value is -1.91. The molecule has 1 radical (unpaired) electrons. The van der Waals surface area contributed by atoms with Crippen molar-refractivity contribution >= 4 is 18.1 Å². The molecule has 67 valence electrons. The zero-order valence-electron chi connectivity index (χ0n) is 6.78. The summed E-state index contributed by atoms with van der Waals surface area (Å²) in [5.74, 6) is 0.436. The topological polar surface area (TPSA) is 71.1 Å². The number of aromatic nitrogens is 1. The van der Waals surface area contributed by atoms with Crippen molar-refractivity contribution < 1.29 is 9.59 Å². The van der Waals surface area contributed by atoms with Crippen LogP contribution in [0.1, 0.15) is 0 Å². The van der Waals surface area contributed by atoms with Crippen molar-refractivity contribution in [3.05, 3.63) is 24.4 Å². The lowest BCUT2D eigenvalue weighted by atomic mass is 10.5. The first-order chi connectivity index (χ1) is 6.33. The Morgan fingerprint density at radius 2 is 2.38 bits per heavy atom. The fraction of sp³-hybridized carbons (Fsp3) is 0.125. The van der Waals surface area contributed by atoms with Crippen molar-refractivity contribution in [3.63, 3.8) is 0 Å². The van der Waals surface area contributed by atoms with Crippen LogP contribution in [0.2, 0.25) is 0 Å². The second-order valence-corrected chi connectivity index (χ2v) is 2.17. The van der Waals surface area contributed by atoms with E-state index in [1.54, 1.807) is 30.7 Å². The van der Waals surface area contributed by atoms with Gasteiger partial charge in [0.05, 0.1) is 6.54 Å². The second kappa shape index (κ2) is 4.87. The lowest BCUT2D eigenvalue weighted by molar-refractivity contribution is 0.253. The van der Waals surface area contributed by atoms with Crippen molar-refractivity contribution in [2.24, 2.45) is 0 Å². The van der Waals surface area contributed by atoms with E-state index in [0.29, 0.717) is 5.82 Å². The van der Waals surface area contributed by atoms with E-state index in [2.05, 4.69) is 15.6 Å². The predicted octanol–water partition coefficient (Wildman–Crippen LogP) is 0.313. The lowest BCUT2D eigenvalue weighted by Crippen LogP contribution is -2.30. The third-order valence-electron chi connectivity index (χ3n) is 1.23. The fourth-order valence-corrected chi connectivity index (χ4v) is 0.714. The number of carbonyl (C=O) groups is 1. The number of carbonyl (C=O) groups excluding carboxylic acids is 2. The molecule has 0 aliphatic heterocycles. The van der Waals surface area contributed by atoms with E-state index in [-0.39, 0.29) is 6.54 Å². The Bertz CT molecular complexity index is 287. The lowest BCUT2D eigenvalue weighted by Gasteiger charge is -2.02. The average molecular weight is 178 g/mol.